The van der Waals surface area contributed by atoms with E-state index in [1.165, 1.54) is 16.7 Å². The van der Waals surface area contributed by atoms with Crippen molar-refractivity contribution in [3.8, 4) is 5.69 Å². The van der Waals surface area contributed by atoms with Crippen molar-refractivity contribution in [2.75, 3.05) is 12.3 Å². The Morgan fingerprint density at radius 3 is 2.81 bits per heavy atom. The Hall–Kier alpha value is -2.15. The largest absolute Gasteiger partial charge is 0.282 e. The Morgan fingerprint density at radius 1 is 1.29 bits per heavy atom. The zero-order valence-corrected chi connectivity index (χ0v) is 12.1. The highest BCUT2D eigenvalue weighted by atomic mass is 32.2. The summed E-state index contributed by atoms with van der Waals surface area (Å²) in [7, 11) is 0. The molecule has 6 nitrogen and oxygen atoms in total. The van der Waals surface area contributed by atoms with Crippen molar-refractivity contribution in [3.05, 3.63) is 36.7 Å². The van der Waals surface area contributed by atoms with Gasteiger partial charge in [-0.05, 0) is 18.6 Å². The van der Waals surface area contributed by atoms with Gasteiger partial charge in [0, 0.05) is 18.7 Å². The maximum Gasteiger partial charge on any atom is 0.239 e. The molecule has 0 saturated carbocycles. The van der Waals surface area contributed by atoms with Crippen LogP contribution in [0.4, 0.5) is 0 Å². The van der Waals surface area contributed by atoms with Gasteiger partial charge >= 0.3 is 0 Å². The van der Waals surface area contributed by atoms with E-state index < -0.39 is 0 Å². The number of amides is 2. The fourth-order valence-electron chi connectivity index (χ4n) is 2.20. The highest BCUT2D eigenvalue weighted by molar-refractivity contribution is 7.99. The maximum absolute atomic E-state index is 12.0. The van der Waals surface area contributed by atoms with Gasteiger partial charge in [0.15, 0.2) is 5.16 Å². The van der Waals surface area contributed by atoms with Crippen LogP contribution in [0.15, 0.2) is 41.8 Å². The SMILES string of the molecule is O=C1CCCN1C(=O)CSc1nncn1-c1ccccc1. The van der Waals surface area contributed by atoms with E-state index in [2.05, 4.69) is 10.2 Å². The van der Waals surface area contributed by atoms with Crippen LogP contribution in [0.5, 0.6) is 0 Å². The van der Waals surface area contributed by atoms with Gasteiger partial charge in [-0.25, -0.2) is 0 Å². The molecule has 1 aromatic carbocycles. The minimum Gasteiger partial charge on any atom is -0.282 e. The van der Waals surface area contributed by atoms with Gasteiger partial charge in [0.2, 0.25) is 11.8 Å². The second-order valence-electron chi connectivity index (χ2n) is 4.65. The predicted molar refractivity (Wildman–Crippen MR) is 78.0 cm³/mol. The van der Waals surface area contributed by atoms with Crippen molar-refractivity contribution in [1.82, 2.24) is 19.7 Å². The number of para-hydroxylation sites is 1. The van der Waals surface area contributed by atoms with Crippen LogP contribution in [-0.2, 0) is 9.59 Å². The zero-order chi connectivity index (χ0) is 14.7. The van der Waals surface area contributed by atoms with Gasteiger partial charge in [0.25, 0.3) is 0 Å². The summed E-state index contributed by atoms with van der Waals surface area (Å²) >= 11 is 1.29. The van der Waals surface area contributed by atoms with Gasteiger partial charge in [0.1, 0.15) is 6.33 Å². The monoisotopic (exact) mass is 302 g/mol. The number of carbonyl (C=O) groups is 2. The summed E-state index contributed by atoms with van der Waals surface area (Å²) in [6, 6.07) is 9.68. The molecule has 0 radical (unpaired) electrons. The molecule has 0 spiro atoms. The van der Waals surface area contributed by atoms with Crippen molar-refractivity contribution in [3.63, 3.8) is 0 Å². The molecule has 0 atom stereocenters. The lowest BCUT2D eigenvalue weighted by molar-refractivity contribution is -0.140. The molecule has 3 rings (SSSR count). The van der Waals surface area contributed by atoms with Gasteiger partial charge in [-0.1, -0.05) is 30.0 Å². The molecule has 0 bridgehead atoms. The molecule has 1 saturated heterocycles. The molecule has 0 N–H and O–H groups in total. The van der Waals surface area contributed by atoms with Crippen molar-refractivity contribution >= 4 is 23.6 Å². The number of aromatic nitrogens is 3. The zero-order valence-electron chi connectivity index (χ0n) is 11.3. The lowest BCUT2D eigenvalue weighted by atomic mass is 10.3. The third-order valence-corrected chi connectivity index (χ3v) is 4.18. The Balaban J connectivity index is 1.68. The third-order valence-electron chi connectivity index (χ3n) is 3.25. The fraction of sp³-hybridized carbons (Fsp3) is 0.286. The molecule has 1 aromatic heterocycles. The number of rotatable bonds is 4. The second-order valence-corrected chi connectivity index (χ2v) is 5.59. The van der Waals surface area contributed by atoms with E-state index in [1.807, 2.05) is 34.9 Å². The van der Waals surface area contributed by atoms with Gasteiger partial charge in [-0.2, -0.15) is 0 Å². The van der Waals surface area contributed by atoms with Gasteiger partial charge in [0.05, 0.1) is 5.75 Å². The van der Waals surface area contributed by atoms with E-state index in [-0.39, 0.29) is 17.6 Å². The number of likely N-dealkylation sites (tertiary alicyclic amines) is 1. The first kappa shape index (κ1) is 13.8. The highest BCUT2D eigenvalue weighted by Crippen LogP contribution is 2.20. The number of benzene rings is 1. The first-order chi connectivity index (χ1) is 10.3. The van der Waals surface area contributed by atoms with E-state index in [0.29, 0.717) is 18.1 Å². The minimum atomic E-state index is -0.162. The number of imide groups is 1. The van der Waals surface area contributed by atoms with Crippen molar-refractivity contribution in [1.29, 1.82) is 0 Å². The molecule has 2 amide bonds. The fourth-order valence-corrected chi connectivity index (χ4v) is 3.01. The van der Waals surface area contributed by atoms with E-state index in [4.69, 9.17) is 0 Å². The van der Waals surface area contributed by atoms with Crippen LogP contribution in [-0.4, -0.2) is 43.8 Å². The lowest BCUT2D eigenvalue weighted by Gasteiger charge is -2.12. The van der Waals surface area contributed by atoms with Crippen LogP contribution in [0.1, 0.15) is 12.8 Å². The normalized spacial score (nSPS) is 14.7. The summed E-state index contributed by atoms with van der Waals surface area (Å²) in [6.07, 6.45) is 2.84. The maximum atomic E-state index is 12.0. The minimum absolute atomic E-state index is 0.0786. The molecule has 1 fully saturated rings. The first-order valence-corrected chi connectivity index (χ1v) is 7.66. The Kier molecular flexibility index (Phi) is 4.01. The van der Waals surface area contributed by atoms with E-state index in [0.717, 1.165) is 12.1 Å². The number of hydrogen-bond acceptors (Lipinski definition) is 5. The molecule has 2 aromatic rings. The van der Waals surface area contributed by atoms with Gasteiger partial charge < -0.3 is 0 Å². The molecule has 2 heterocycles. The smallest absolute Gasteiger partial charge is 0.239 e. The van der Waals surface area contributed by atoms with Crippen LogP contribution in [0, 0.1) is 0 Å². The van der Waals surface area contributed by atoms with Crippen LogP contribution >= 0.6 is 11.8 Å². The molecule has 108 valence electrons. The molecule has 0 unspecified atom stereocenters. The van der Waals surface area contributed by atoms with E-state index >= 15 is 0 Å². The average molecular weight is 302 g/mol. The summed E-state index contributed by atoms with van der Waals surface area (Å²) in [4.78, 5) is 24.9. The summed E-state index contributed by atoms with van der Waals surface area (Å²) in [6.45, 7) is 0.531. The second kappa shape index (κ2) is 6.09. The topological polar surface area (TPSA) is 68.1 Å². The Morgan fingerprint density at radius 2 is 2.10 bits per heavy atom. The Labute approximate surface area is 126 Å². The number of carbonyl (C=O) groups excluding carboxylic acids is 2. The highest BCUT2D eigenvalue weighted by Gasteiger charge is 2.26. The van der Waals surface area contributed by atoms with Crippen LogP contribution in [0.3, 0.4) is 0 Å². The summed E-state index contributed by atoms with van der Waals surface area (Å²) in [5.74, 6) is -0.0488. The summed E-state index contributed by atoms with van der Waals surface area (Å²) in [5, 5.41) is 8.56. The number of thioether (sulfide) groups is 1. The summed E-state index contributed by atoms with van der Waals surface area (Å²) in [5.41, 5.74) is 0.940. The summed E-state index contributed by atoms with van der Waals surface area (Å²) < 4.78 is 1.82. The molecule has 1 aliphatic heterocycles. The quantitative estimate of drug-likeness (QED) is 0.801. The van der Waals surface area contributed by atoms with Crippen LogP contribution in [0.25, 0.3) is 5.69 Å². The standard InChI is InChI=1S/C14H14N4O2S/c19-12-7-4-8-17(12)13(20)9-21-14-16-15-10-18(14)11-5-2-1-3-6-11/h1-3,5-6,10H,4,7-9H2. The Bertz CT molecular complexity index is 656. The first-order valence-electron chi connectivity index (χ1n) is 6.67. The van der Waals surface area contributed by atoms with E-state index in [9.17, 15) is 9.59 Å². The molecule has 1 aliphatic rings. The van der Waals surface area contributed by atoms with Crippen LogP contribution < -0.4 is 0 Å². The molecule has 7 heteroatoms. The van der Waals surface area contributed by atoms with Crippen molar-refractivity contribution in [2.45, 2.75) is 18.0 Å². The number of nitrogens with zero attached hydrogens (tertiary/aromatic N) is 4. The van der Waals surface area contributed by atoms with Crippen molar-refractivity contribution < 1.29 is 9.59 Å². The lowest BCUT2D eigenvalue weighted by Crippen LogP contribution is -2.33. The van der Waals surface area contributed by atoms with Gasteiger partial charge in [-0.3, -0.25) is 19.1 Å². The number of hydrogen-bond donors (Lipinski definition) is 0. The predicted octanol–water partition coefficient (Wildman–Crippen LogP) is 1.51. The molecular weight excluding hydrogens is 288 g/mol. The van der Waals surface area contributed by atoms with Gasteiger partial charge in [-0.15, -0.1) is 10.2 Å². The van der Waals surface area contributed by atoms with Crippen molar-refractivity contribution in [2.24, 2.45) is 0 Å². The van der Waals surface area contributed by atoms with E-state index in [1.54, 1.807) is 6.33 Å². The molecule has 0 aliphatic carbocycles. The third kappa shape index (κ3) is 2.97. The molecule has 21 heavy (non-hydrogen) atoms. The van der Waals surface area contributed by atoms with Crippen LogP contribution in [0.2, 0.25) is 0 Å². The molecular formula is C14H14N4O2S. The average Bonchev–Trinajstić information content (AvgIpc) is 3.14.